The third-order valence-electron chi connectivity index (χ3n) is 3.56. The van der Waals surface area contributed by atoms with Gasteiger partial charge in [0.15, 0.2) is 11.5 Å². The van der Waals surface area contributed by atoms with Crippen molar-refractivity contribution in [3.63, 3.8) is 0 Å². The van der Waals surface area contributed by atoms with Gasteiger partial charge >= 0.3 is 0 Å². The van der Waals surface area contributed by atoms with Gasteiger partial charge in [-0.2, -0.15) is 8.42 Å². The second kappa shape index (κ2) is 6.14. The van der Waals surface area contributed by atoms with E-state index in [1.54, 1.807) is 13.0 Å². The number of benzene rings is 2. The lowest BCUT2D eigenvalue weighted by Crippen LogP contribution is -2.19. The average molecular weight is 343 g/mol. The molecule has 5 nitrogen and oxygen atoms in total. The number of rotatable bonds is 3. The molecule has 0 spiro atoms. The number of ether oxygens (including phenoxy) is 1. The third kappa shape index (κ3) is 3.34. The van der Waals surface area contributed by atoms with Crippen molar-refractivity contribution in [2.45, 2.75) is 13.8 Å². The summed E-state index contributed by atoms with van der Waals surface area (Å²) in [4.78, 5) is 2.00. The molecule has 2 aromatic carbocycles. The number of anilines is 2. The fourth-order valence-corrected chi connectivity index (χ4v) is 3.29. The van der Waals surface area contributed by atoms with Crippen LogP contribution in [0.5, 0.6) is 11.5 Å². The van der Waals surface area contributed by atoms with Crippen LogP contribution in [0.1, 0.15) is 13.8 Å². The van der Waals surface area contributed by atoms with Crippen molar-refractivity contribution >= 4 is 21.5 Å². The Balaban J connectivity index is 2.12. The summed E-state index contributed by atoms with van der Waals surface area (Å²) in [6.07, 6.45) is 1.70. The Kier molecular flexibility index (Phi) is 4.17. The maximum atomic E-state index is 11.0. The SMILES string of the molecule is CC(=CS(=O)(=O)O)C=C(C)N1c2ccccc2Oc2ccccc21. The molecule has 24 heavy (non-hydrogen) atoms. The number of allylic oxidation sites excluding steroid dienone is 3. The summed E-state index contributed by atoms with van der Waals surface area (Å²) in [7, 11) is -4.17. The smallest absolute Gasteiger partial charge is 0.287 e. The summed E-state index contributed by atoms with van der Waals surface area (Å²) in [6, 6.07) is 15.3. The fourth-order valence-electron chi connectivity index (χ4n) is 2.75. The van der Waals surface area contributed by atoms with E-state index in [0.717, 1.165) is 34.0 Å². The summed E-state index contributed by atoms with van der Waals surface area (Å²) < 4.78 is 36.9. The molecule has 3 rings (SSSR count). The quantitative estimate of drug-likeness (QED) is 0.650. The molecular weight excluding hydrogens is 326 g/mol. The first-order chi connectivity index (χ1) is 11.3. The second-order valence-electron chi connectivity index (χ2n) is 5.54. The lowest BCUT2D eigenvalue weighted by molar-refractivity contribution is 0.475. The number of para-hydroxylation sites is 4. The van der Waals surface area contributed by atoms with E-state index in [4.69, 9.17) is 9.29 Å². The first kappa shape index (κ1) is 16.3. The van der Waals surface area contributed by atoms with E-state index >= 15 is 0 Å². The van der Waals surface area contributed by atoms with Gasteiger partial charge in [0.1, 0.15) is 0 Å². The molecule has 0 amide bonds. The fraction of sp³-hybridized carbons (Fsp3) is 0.111. The lowest BCUT2D eigenvalue weighted by Gasteiger charge is -2.33. The van der Waals surface area contributed by atoms with E-state index in [1.165, 1.54) is 0 Å². The molecule has 1 aliphatic heterocycles. The minimum absolute atomic E-state index is 0.427. The molecule has 0 saturated carbocycles. The zero-order chi connectivity index (χ0) is 17.3. The van der Waals surface area contributed by atoms with Crippen LogP contribution in [0.2, 0.25) is 0 Å². The summed E-state index contributed by atoms with van der Waals surface area (Å²) in [6.45, 7) is 3.50. The molecule has 0 radical (unpaired) electrons. The van der Waals surface area contributed by atoms with Gasteiger partial charge in [-0.1, -0.05) is 24.3 Å². The Morgan fingerprint density at radius 2 is 1.50 bits per heavy atom. The van der Waals surface area contributed by atoms with E-state index in [2.05, 4.69) is 0 Å². The molecule has 1 N–H and O–H groups in total. The Hall–Kier alpha value is -2.57. The summed E-state index contributed by atoms with van der Waals surface area (Å²) in [5.41, 5.74) is 2.96. The number of fused-ring (bicyclic) bond motifs is 2. The van der Waals surface area contributed by atoms with E-state index in [9.17, 15) is 8.42 Å². The van der Waals surface area contributed by atoms with Crippen molar-refractivity contribution in [2.75, 3.05) is 4.90 Å². The van der Waals surface area contributed by atoms with E-state index in [1.807, 2.05) is 60.4 Å². The number of nitrogens with zero attached hydrogens (tertiary/aromatic N) is 1. The highest BCUT2D eigenvalue weighted by molar-refractivity contribution is 7.88. The molecule has 1 aliphatic rings. The highest BCUT2D eigenvalue weighted by atomic mass is 32.2. The maximum absolute atomic E-state index is 11.0. The Morgan fingerprint density at radius 3 is 2.00 bits per heavy atom. The van der Waals surface area contributed by atoms with E-state index < -0.39 is 10.1 Å². The van der Waals surface area contributed by atoms with Gasteiger partial charge < -0.3 is 9.64 Å². The van der Waals surface area contributed by atoms with Gasteiger partial charge in [-0.05, 0) is 49.8 Å². The van der Waals surface area contributed by atoms with Crippen LogP contribution < -0.4 is 9.64 Å². The van der Waals surface area contributed by atoms with Gasteiger partial charge in [0.2, 0.25) is 0 Å². The zero-order valence-corrected chi connectivity index (χ0v) is 14.1. The molecule has 0 atom stereocenters. The Morgan fingerprint density at radius 1 is 1.00 bits per heavy atom. The maximum Gasteiger partial charge on any atom is 0.287 e. The number of hydrogen-bond donors (Lipinski definition) is 1. The van der Waals surface area contributed by atoms with Crippen molar-refractivity contribution in [3.8, 4) is 11.5 Å². The summed E-state index contributed by atoms with van der Waals surface area (Å²) in [5, 5.41) is 0.828. The number of hydrogen-bond acceptors (Lipinski definition) is 4. The molecular formula is C18H17NO4S. The molecule has 0 aromatic heterocycles. The molecule has 0 bridgehead atoms. The average Bonchev–Trinajstić information content (AvgIpc) is 2.50. The Bertz CT molecular complexity index is 899. The highest BCUT2D eigenvalue weighted by Gasteiger charge is 2.24. The van der Waals surface area contributed by atoms with Crippen LogP contribution in [0.15, 0.2) is 71.3 Å². The zero-order valence-electron chi connectivity index (χ0n) is 13.3. The van der Waals surface area contributed by atoms with E-state index in [-0.39, 0.29) is 0 Å². The van der Waals surface area contributed by atoms with Crippen LogP contribution in [-0.2, 0) is 10.1 Å². The highest BCUT2D eigenvalue weighted by Crippen LogP contribution is 2.48. The molecule has 2 aromatic rings. The van der Waals surface area contributed by atoms with Crippen molar-refractivity contribution in [1.82, 2.24) is 0 Å². The molecule has 0 fully saturated rings. The standard InChI is InChI=1S/C18H17NO4S/c1-13(12-24(20,21)22)11-14(2)19-15-7-3-5-9-17(15)23-18-10-6-4-8-16(18)19/h3-12H,1-2H3,(H,20,21,22). The van der Waals surface area contributed by atoms with Crippen LogP contribution >= 0.6 is 0 Å². The predicted molar refractivity (Wildman–Crippen MR) is 94.2 cm³/mol. The van der Waals surface area contributed by atoms with Crippen LogP contribution in [0, 0.1) is 0 Å². The molecule has 1 heterocycles. The van der Waals surface area contributed by atoms with Crippen LogP contribution in [-0.4, -0.2) is 13.0 Å². The van der Waals surface area contributed by atoms with Gasteiger partial charge in [-0.25, -0.2) is 0 Å². The molecule has 6 heteroatoms. The Labute approximate surface area is 141 Å². The molecule has 0 unspecified atom stereocenters. The third-order valence-corrected chi connectivity index (χ3v) is 4.23. The summed E-state index contributed by atoms with van der Waals surface area (Å²) in [5.74, 6) is 1.45. The van der Waals surface area contributed by atoms with Crippen molar-refractivity contribution in [1.29, 1.82) is 0 Å². The van der Waals surface area contributed by atoms with Gasteiger partial charge in [0.25, 0.3) is 10.1 Å². The largest absolute Gasteiger partial charge is 0.453 e. The normalized spacial score (nSPS) is 14.7. The van der Waals surface area contributed by atoms with Crippen LogP contribution in [0.3, 0.4) is 0 Å². The van der Waals surface area contributed by atoms with Crippen molar-refractivity contribution in [3.05, 3.63) is 71.3 Å². The molecule has 0 saturated heterocycles. The molecule has 0 aliphatic carbocycles. The lowest BCUT2D eigenvalue weighted by atomic mass is 10.1. The van der Waals surface area contributed by atoms with Gasteiger partial charge in [-0.3, -0.25) is 4.55 Å². The van der Waals surface area contributed by atoms with Crippen LogP contribution in [0.4, 0.5) is 11.4 Å². The first-order valence-corrected chi connectivity index (χ1v) is 8.85. The predicted octanol–water partition coefficient (Wildman–Crippen LogP) is 4.63. The van der Waals surface area contributed by atoms with Gasteiger partial charge in [0.05, 0.1) is 16.8 Å². The minimum Gasteiger partial charge on any atom is -0.453 e. The first-order valence-electron chi connectivity index (χ1n) is 7.35. The van der Waals surface area contributed by atoms with Gasteiger partial charge in [0, 0.05) is 5.70 Å². The van der Waals surface area contributed by atoms with Gasteiger partial charge in [-0.15, -0.1) is 0 Å². The topological polar surface area (TPSA) is 66.8 Å². The van der Waals surface area contributed by atoms with Crippen molar-refractivity contribution in [2.24, 2.45) is 0 Å². The van der Waals surface area contributed by atoms with Crippen LogP contribution in [0.25, 0.3) is 0 Å². The summed E-state index contributed by atoms with van der Waals surface area (Å²) >= 11 is 0. The second-order valence-corrected chi connectivity index (χ2v) is 6.80. The van der Waals surface area contributed by atoms with Crippen molar-refractivity contribution < 1.29 is 17.7 Å². The van der Waals surface area contributed by atoms with E-state index in [0.29, 0.717) is 5.57 Å². The monoisotopic (exact) mass is 343 g/mol. The molecule has 124 valence electrons. The minimum atomic E-state index is -4.17.